The van der Waals surface area contributed by atoms with E-state index in [4.69, 9.17) is 5.73 Å². The topological polar surface area (TPSA) is 54.2 Å². The van der Waals surface area contributed by atoms with Crippen molar-refractivity contribution in [3.8, 4) is 0 Å². The maximum atomic E-state index is 5.90. The summed E-state index contributed by atoms with van der Waals surface area (Å²) in [5.74, 6) is 0.824. The lowest BCUT2D eigenvalue weighted by Gasteiger charge is -2.20. The zero-order chi connectivity index (χ0) is 12.8. The van der Waals surface area contributed by atoms with Crippen LogP contribution in [-0.4, -0.2) is 36.1 Å². The second-order valence-corrected chi connectivity index (χ2v) is 5.07. The first-order valence-corrected chi connectivity index (χ1v) is 6.95. The Hall–Kier alpha value is -1.29. The van der Waals surface area contributed by atoms with Crippen LogP contribution in [-0.2, 0) is 0 Å². The summed E-state index contributed by atoms with van der Waals surface area (Å²) in [6.45, 7) is 6.45. The highest BCUT2D eigenvalue weighted by atomic mass is 15.1. The van der Waals surface area contributed by atoms with Crippen LogP contribution in [0.3, 0.4) is 0 Å². The minimum absolute atomic E-state index is 0.733. The number of nitrogens with one attached hydrogen (secondary N) is 1. The summed E-state index contributed by atoms with van der Waals surface area (Å²) < 4.78 is 0. The Balaban J connectivity index is 1.78. The summed E-state index contributed by atoms with van der Waals surface area (Å²) in [5.41, 5.74) is 7.63. The molecule has 1 aliphatic rings. The number of nitrogen functional groups attached to an aromatic ring is 1. The van der Waals surface area contributed by atoms with E-state index in [-0.39, 0.29) is 0 Å². The molecule has 4 nitrogen and oxygen atoms in total. The Morgan fingerprint density at radius 3 is 2.67 bits per heavy atom. The maximum Gasteiger partial charge on any atom is 0.149 e. The van der Waals surface area contributed by atoms with Gasteiger partial charge in [-0.1, -0.05) is 12.8 Å². The van der Waals surface area contributed by atoms with Gasteiger partial charge in [0.1, 0.15) is 5.82 Å². The smallest absolute Gasteiger partial charge is 0.149 e. The van der Waals surface area contributed by atoms with Crippen LogP contribution in [0.5, 0.6) is 0 Å². The number of hydrogen-bond donors (Lipinski definition) is 2. The van der Waals surface area contributed by atoms with Crippen LogP contribution in [0.25, 0.3) is 0 Å². The van der Waals surface area contributed by atoms with Crippen molar-refractivity contribution in [2.24, 2.45) is 0 Å². The fourth-order valence-corrected chi connectivity index (χ4v) is 2.40. The van der Waals surface area contributed by atoms with Gasteiger partial charge in [-0.05, 0) is 45.0 Å². The van der Waals surface area contributed by atoms with Gasteiger partial charge in [-0.3, -0.25) is 0 Å². The molecule has 0 spiro atoms. The molecule has 3 N–H and O–H groups in total. The molecule has 0 unspecified atom stereocenters. The molecule has 100 valence electrons. The van der Waals surface area contributed by atoms with Crippen molar-refractivity contribution in [2.45, 2.75) is 32.6 Å². The van der Waals surface area contributed by atoms with Crippen LogP contribution in [0.1, 0.15) is 31.4 Å². The molecular weight excluding hydrogens is 224 g/mol. The van der Waals surface area contributed by atoms with Crippen LogP contribution in [0.15, 0.2) is 12.1 Å². The van der Waals surface area contributed by atoms with Crippen LogP contribution < -0.4 is 11.1 Å². The Morgan fingerprint density at radius 2 is 1.94 bits per heavy atom. The fourth-order valence-electron chi connectivity index (χ4n) is 2.40. The van der Waals surface area contributed by atoms with Crippen LogP contribution >= 0.6 is 0 Å². The molecule has 1 saturated heterocycles. The largest absolute Gasteiger partial charge is 0.396 e. The molecule has 1 aliphatic heterocycles. The van der Waals surface area contributed by atoms with Crippen molar-refractivity contribution < 1.29 is 0 Å². The van der Waals surface area contributed by atoms with E-state index in [1.807, 2.05) is 19.1 Å². The van der Waals surface area contributed by atoms with Gasteiger partial charge in [-0.15, -0.1) is 0 Å². The molecule has 0 aliphatic carbocycles. The van der Waals surface area contributed by atoms with E-state index in [1.54, 1.807) is 0 Å². The number of nitrogens with two attached hydrogens (primary N) is 1. The highest BCUT2D eigenvalue weighted by molar-refractivity contribution is 5.61. The molecule has 2 rings (SSSR count). The van der Waals surface area contributed by atoms with Gasteiger partial charge in [-0.25, -0.2) is 4.98 Å². The van der Waals surface area contributed by atoms with Crippen LogP contribution in [0.4, 0.5) is 11.5 Å². The Morgan fingerprint density at radius 1 is 1.22 bits per heavy atom. The number of pyridine rings is 1. The van der Waals surface area contributed by atoms with E-state index in [0.717, 1.165) is 30.3 Å². The normalized spacial score (nSPS) is 17.4. The second-order valence-electron chi connectivity index (χ2n) is 5.07. The molecule has 0 atom stereocenters. The molecule has 18 heavy (non-hydrogen) atoms. The minimum Gasteiger partial charge on any atom is -0.396 e. The second kappa shape index (κ2) is 6.59. The van der Waals surface area contributed by atoms with E-state index in [0.29, 0.717) is 0 Å². The molecule has 0 aromatic carbocycles. The average molecular weight is 248 g/mol. The lowest BCUT2D eigenvalue weighted by molar-refractivity contribution is 0.296. The van der Waals surface area contributed by atoms with Crippen molar-refractivity contribution in [1.82, 2.24) is 9.88 Å². The van der Waals surface area contributed by atoms with Crippen LogP contribution in [0, 0.1) is 6.92 Å². The van der Waals surface area contributed by atoms with Gasteiger partial charge in [-0.2, -0.15) is 0 Å². The van der Waals surface area contributed by atoms with Crippen molar-refractivity contribution in [1.29, 1.82) is 0 Å². The molecule has 0 amide bonds. The summed E-state index contributed by atoms with van der Waals surface area (Å²) >= 11 is 0. The number of nitrogens with zero attached hydrogens (tertiary/aromatic N) is 2. The van der Waals surface area contributed by atoms with Gasteiger partial charge in [0.2, 0.25) is 0 Å². The molecule has 0 bridgehead atoms. The Labute approximate surface area is 110 Å². The molecule has 2 heterocycles. The Bertz CT molecular complexity index is 370. The number of rotatable bonds is 4. The molecule has 1 fully saturated rings. The van der Waals surface area contributed by atoms with E-state index in [9.17, 15) is 0 Å². The summed E-state index contributed by atoms with van der Waals surface area (Å²) in [5, 5.41) is 3.34. The highest BCUT2D eigenvalue weighted by Gasteiger charge is 2.08. The van der Waals surface area contributed by atoms with E-state index < -0.39 is 0 Å². The minimum atomic E-state index is 0.733. The summed E-state index contributed by atoms with van der Waals surface area (Å²) in [7, 11) is 0. The van der Waals surface area contributed by atoms with Gasteiger partial charge < -0.3 is 16.0 Å². The van der Waals surface area contributed by atoms with Gasteiger partial charge >= 0.3 is 0 Å². The fraction of sp³-hybridized carbons (Fsp3) is 0.643. The number of anilines is 2. The summed E-state index contributed by atoms with van der Waals surface area (Å²) in [6.07, 6.45) is 5.45. The third-order valence-electron chi connectivity index (χ3n) is 3.48. The standard InChI is InChI=1S/C14H24N4/c1-12-6-7-13(15)14(17-12)16-8-11-18-9-4-2-3-5-10-18/h6-7H,2-5,8-11,15H2,1H3,(H,16,17). The zero-order valence-corrected chi connectivity index (χ0v) is 11.3. The SMILES string of the molecule is Cc1ccc(N)c(NCCN2CCCCCC2)n1. The number of aryl methyl sites for hydroxylation is 1. The van der Waals surface area contributed by atoms with E-state index in [1.165, 1.54) is 38.8 Å². The predicted octanol–water partition coefficient (Wildman–Crippen LogP) is 2.26. The van der Waals surface area contributed by atoms with Crippen molar-refractivity contribution in [3.05, 3.63) is 17.8 Å². The molecule has 0 radical (unpaired) electrons. The molecular formula is C14H24N4. The first-order chi connectivity index (χ1) is 8.75. The molecule has 4 heteroatoms. The maximum absolute atomic E-state index is 5.90. The highest BCUT2D eigenvalue weighted by Crippen LogP contribution is 2.15. The van der Waals surface area contributed by atoms with Gasteiger partial charge in [0, 0.05) is 18.8 Å². The molecule has 0 saturated carbocycles. The number of hydrogen-bond acceptors (Lipinski definition) is 4. The van der Waals surface area contributed by atoms with Crippen molar-refractivity contribution in [3.63, 3.8) is 0 Å². The predicted molar refractivity (Wildman–Crippen MR) is 76.8 cm³/mol. The number of likely N-dealkylation sites (tertiary alicyclic amines) is 1. The Kier molecular flexibility index (Phi) is 4.81. The first kappa shape index (κ1) is 13.1. The average Bonchev–Trinajstić information content (AvgIpc) is 2.62. The van der Waals surface area contributed by atoms with Crippen LogP contribution in [0.2, 0.25) is 0 Å². The third-order valence-corrected chi connectivity index (χ3v) is 3.48. The quantitative estimate of drug-likeness (QED) is 0.858. The lowest BCUT2D eigenvalue weighted by atomic mass is 10.2. The number of aromatic nitrogens is 1. The third kappa shape index (κ3) is 3.88. The monoisotopic (exact) mass is 248 g/mol. The summed E-state index contributed by atoms with van der Waals surface area (Å²) in [6, 6.07) is 3.85. The van der Waals surface area contributed by atoms with E-state index >= 15 is 0 Å². The first-order valence-electron chi connectivity index (χ1n) is 6.95. The van der Waals surface area contributed by atoms with Gasteiger partial charge in [0.05, 0.1) is 5.69 Å². The summed E-state index contributed by atoms with van der Waals surface area (Å²) in [4.78, 5) is 6.95. The molecule has 1 aromatic heterocycles. The molecule has 1 aromatic rings. The van der Waals surface area contributed by atoms with Crippen molar-refractivity contribution >= 4 is 11.5 Å². The lowest BCUT2D eigenvalue weighted by Crippen LogP contribution is -2.30. The zero-order valence-electron chi connectivity index (χ0n) is 11.3. The van der Waals surface area contributed by atoms with Crippen molar-refractivity contribution in [2.75, 3.05) is 37.2 Å². The van der Waals surface area contributed by atoms with Gasteiger partial charge in [0.25, 0.3) is 0 Å². The van der Waals surface area contributed by atoms with Gasteiger partial charge in [0.15, 0.2) is 0 Å². The van der Waals surface area contributed by atoms with E-state index in [2.05, 4.69) is 15.2 Å².